The molecule has 8 heteroatoms. The normalized spacial score (nSPS) is 23.2. The Labute approximate surface area is 143 Å². The van der Waals surface area contributed by atoms with Gasteiger partial charge in [0.1, 0.15) is 5.03 Å². The molecule has 1 atom stereocenters. The van der Waals surface area contributed by atoms with E-state index >= 15 is 0 Å². The Bertz CT molecular complexity index is 632. The van der Waals surface area contributed by atoms with Crippen LogP contribution in [0.1, 0.15) is 32.1 Å². The van der Waals surface area contributed by atoms with E-state index in [9.17, 15) is 18.4 Å². The highest BCUT2D eigenvalue weighted by molar-refractivity contribution is 8.00. The van der Waals surface area contributed by atoms with Crippen LogP contribution in [-0.4, -0.2) is 34.5 Å². The quantitative estimate of drug-likeness (QED) is 0.871. The Hall–Kier alpha value is -1.70. The third-order valence-electron chi connectivity index (χ3n) is 4.37. The Morgan fingerprint density at radius 1 is 1.42 bits per heavy atom. The Balaban J connectivity index is 1.46. The molecule has 2 heterocycles. The van der Waals surface area contributed by atoms with Gasteiger partial charge < -0.3 is 10.6 Å². The first kappa shape index (κ1) is 17.1. The van der Waals surface area contributed by atoms with Crippen LogP contribution in [0, 0.1) is 5.92 Å². The lowest BCUT2D eigenvalue weighted by Gasteiger charge is -2.28. The number of halogens is 2. The average Bonchev–Trinajstić information content (AvgIpc) is 2.54. The minimum Gasteiger partial charge on any atom is -0.356 e. The van der Waals surface area contributed by atoms with Crippen molar-refractivity contribution in [1.82, 2.24) is 10.3 Å². The molecular formula is C16H19F2N3O2S. The number of nitrogens with zero attached hydrogens (tertiary/aromatic N) is 1. The van der Waals surface area contributed by atoms with Crippen LogP contribution in [0.5, 0.6) is 0 Å². The van der Waals surface area contributed by atoms with E-state index in [1.165, 1.54) is 11.8 Å². The molecule has 1 unspecified atom stereocenters. The first-order valence-electron chi connectivity index (χ1n) is 8.00. The second-order valence-corrected chi connectivity index (χ2v) is 7.45. The molecule has 3 rings (SSSR count). The van der Waals surface area contributed by atoms with Crippen LogP contribution in [0.25, 0.3) is 0 Å². The van der Waals surface area contributed by atoms with E-state index < -0.39 is 11.2 Å². The van der Waals surface area contributed by atoms with E-state index in [0.717, 1.165) is 0 Å². The van der Waals surface area contributed by atoms with Gasteiger partial charge in [-0.3, -0.25) is 9.59 Å². The number of hydrogen-bond donors (Lipinski definition) is 2. The molecule has 130 valence electrons. The van der Waals surface area contributed by atoms with E-state index in [1.54, 1.807) is 18.3 Å². The fraction of sp³-hybridized carbons (Fsp3) is 0.562. The summed E-state index contributed by atoms with van der Waals surface area (Å²) in [5, 5.41) is 5.69. The van der Waals surface area contributed by atoms with Crippen molar-refractivity contribution in [3.05, 3.63) is 18.3 Å². The minimum absolute atomic E-state index is 0.0510. The molecule has 0 saturated heterocycles. The maximum atomic E-state index is 13.1. The molecule has 1 aliphatic carbocycles. The summed E-state index contributed by atoms with van der Waals surface area (Å²) in [7, 11) is 0. The predicted molar refractivity (Wildman–Crippen MR) is 87.0 cm³/mol. The first-order valence-corrected chi connectivity index (χ1v) is 8.88. The number of hydrogen-bond acceptors (Lipinski definition) is 4. The fourth-order valence-corrected chi connectivity index (χ4v) is 3.96. The molecule has 0 bridgehead atoms. The van der Waals surface area contributed by atoms with Crippen LogP contribution in [0.3, 0.4) is 0 Å². The van der Waals surface area contributed by atoms with Gasteiger partial charge in [0, 0.05) is 32.0 Å². The van der Waals surface area contributed by atoms with Crippen LogP contribution >= 0.6 is 11.8 Å². The molecule has 2 amide bonds. The van der Waals surface area contributed by atoms with Gasteiger partial charge >= 0.3 is 0 Å². The summed E-state index contributed by atoms with van der Waals surface area (Å²) in [6.45, 7) is 0.392. The third kappa shape index (κ3) is 4.23. The number of pyridine rings is 1. The lowest BCUT2D eigenvalue weighted by Crippen LogP contribution is -2.38. The molecular weight excluding hydrogens is 336 g/mol. The Morgan fingerprint density at radius 3 is 2.92 bits per heavy atom. The van der Waals surface area contributed by atoms with E-state index in [-0.39, 0.29) is 37.0 Å². The van der Waals surface area contributed by atoms with Crippen molar-refractivity contribution in [2.24, 2.45) is 5.92 Å². The van der Waals surface area contributed by atoms with Gasteiger partial charge in [0.15, 0.2) is 0 Å². The zero-order valence-electron chi connectivity index (χ0n) is 13.1. The Kier molecular flexibility index (Phi) is 5.03. The monoisotopic (exact) mass is 355 g/mol. The van der Waals surface area contributed by atoms with Crippen molar-refractivity contribution in [2.75, 3.05) is 11.9 Å². The summed E-state index contributed by atoms with van der Waals surface area (Å²) in [4.78, 5) is 28.3. The third-order valence-corrected chi connectivity index (χ3v) is 5.58. The molecule has 1 aliphatic heterocycles. The van der Waals surface area contributed by atoms with E-state index in [2.05, 4.69) is 15.6 Å². The molecule has 2 N–H and O–H groups in total. The van der Waals surface area contributed by atoms with Crippen molar-refractivity contribution in [3.8, 4) is 0 Å². The van der Waals surface area contributed by atoms with Gasteiger partial charge in [-0.25, -0.2) is 13.8 Å². The van der Waals surface area contributed by atoms with Gasteiger partial charge in [-0.15, -0.1) is 0 Å². The summed E-state index contributed by atoms with van der Waals surface area (Å²) in [5.74, 6) is -2.92. The second-order valence-electron chi connectivity index (χ2n) is 6.26. The molecule has 1 aromatic heterocycles. The van der Waals surface area contributed by atoms with Crippen molar-refractivity contribution < 1.29 is 18.4 Å². The number of anilines is 1. The van der Waals surface area contributed by atoms with Crippen LogP contribution in [0.2, 0.25) is 0 Å². The lowest BCUT2D eigenvalue weighted by atomic mass is 9.87. The summed E-state index contributed by atoms with van der Waals surface area (Å²) < 4.78 is 26.2. The number of fused-ring (bicyclic) bond motifs is 1. The number of carbonyl (C=O) groups is 2. The van der Waals surface area contributed by atoms with Gasteiger partial charge in [0.2, 0.25) is 17.7 Å². The highest BCUT2D eigenvalue weighted by Gasteiger charge is 2.35. The van der Waals surface area contributed by atoms with Crippen LogP contribution < -0.4 is 10.6 Å². The maximum absolute atomic E-state index is 13.1. The number of thioether (sulfide) groups is 1. The first-order chi connectivity index (χ1) is 11.4. The highest BCUT2D eigenvalue weighted by Crippen LogP contribution is 2.36. The highest BCUT2D eigenvalue weighted by atomic mass is 32.2. The van der Waals surface area contributed by atoms with Crippen LogP contribution in [0.4, 0.5) is 14.5 Å². The SMILES string of the molecule is O=C(CC1Sc2ncccc2NC1=O)NCC1CCC(F)(F)CC1. The number of carbonyl (C=O) groups excluding carboxylic acids is 2. The van der Waals surface area contributed by atoms with Gasteiger partial charge in [-0.1, -0.05) is 11.8 Å². The smallest absolute Gasteiger partial charge is 0.248 e. The minimum atomic E-state index is -2.56. The zero-order chi connectivity index (χ0) is 17.2. The number of amides is 2. The van der Waals surface area contributed by atoms with E-state index in [0.29, 0.717) is 30.1 Å². The molecule has 5 nitrogen and oxygen atoms in total. The fourth-order valence-electron chi connectivity index (χ4n) is 2.92. The van der Waals surface area contributed by atoms with Crippen molar-refractivity contribution >= 4 is 29.3 Å². The topological polar surface area (TPSA) is 71.1 Å². The van der Waals surface area contributed by atoms with Gasteiger partial charge in [-0.2, -0.15) is 0 Å². The molecule has 0 spiro atoms. The summed E-state index contributed by atoms with van der Waals surface area (Å²) >= 11 is 1.27. The molecule has 1 fully saturated rings. The standard InChI is InChI=1S/C16H19F2N3O2S/c17-16(18)5-3-10(4-6-16)9-20-13(22)8-12-14(23)21-11-2-1-7-19-15(11)24-12/h1-2,7,10,12H,3-6,8-9H2,(H,20,22)(H,21,23). The maximum Gasteiger partial charge on any atom is 0.248 e. The Morgan fingerprint density at radius 2 is 2.17 bits per heavy atom. The van der Waals surface area contributed by atoms with E-state index in [1.807, 2.05) is 0 Å². The van der Waals surface area contributed by atoms with Gasteiger partial charge in [0.05, 0.1) is 10.9 Å². The largest absolute Gasteiger partial charge is 0.356 e. The number of rotatable bonds is 4. The average molecular weight is 355 g/mol. The number of aromatic nitrogens is 1. The predicted octanol–water partition coefficient (Wildman–Crippen LogP) is 2.83. The van der Waals surface area contributed by atoms with Crippen molar-refractivity contribution in [3.63, 3.8) is 0 Å². The second kappa shape index (κ2) is 7.04. The van der Waals surface area contributed by atoms with E-state index in [4.69, 9.17) is 0 Å². The summed E-state index contributed by atoms with van der Waals surface area (Å²) in [5.41, 5.74) is 0.660. The number of nitrogens with one attached hydrogen (secondary N) is 2. The molecule has 1 saturated carbocycles. The molecule has 0 aromatic carbocycles. The van der Waals surface area contributed by atoms with Crippen molar-refractivity contribution in [1.29, 1.82) is 0 Å². The molecule has 2 aliphatic rings. The lowest BCUT2D eigenvalue weighted by molar-refractivity contribution is -0.124. The zero-order valence-corrected chi connectivity index (χ0v) is 13.9. The molecule has 24 heavy (non-hydrogen) atoms. The molecule has 1 aromatic rings. The number of alkyl halides is 2. The van der Waals surface area contributed by atoms with Crippen molar-refractivity contribution in [2.45, 2.75) is 48.3 Å². The van der Waals surface area contributed by atoms with Gasteiger partial charge in [-0.05, 0) is 30.9 Å². The summed E-state index contributed by atoms with van der Waals surface area (Å²) in [6.07, 6.45) is 2.30. The molecule has 0 radical (unpaired) electrons. The summed E-state index contributed by atoms with van der Waals surface area (Å²) in [6, 6.07) is 3.50. The van der Waals surface area contributed by atoms with Gasteiger partial charge in [0.25, 0.3) is 0 Å². The van der Waals surface area contributed by atoms with Crippen LogP contribution in [-0.2, 0) is 9.59 Å². The van der Waals surface area contributed by atoms with Crippen LogP contribution in [0.15, 0.2) is 23.4 Å².